The summed E-state index contributed by atoms with van der Waals surface area (Å²) < 4.78 is 0. The molecule has 4 aliphatic carbocycles. The molecule has 1 amide bonds. The maximum atomic E-state index is 12.7. The van der Waals surface area contributed by atoms with Gasteiger partial charge in [0.05, 0.1) is 5.56 Å². The van der Waals surface area contributed by atoms with Crippen molar-refractivity contribution in [1.29, 1.82) is 0 Å². The molecule has 6 atom stereocenters. The summed E-state index contributed by atoms with van der Waals surface area (Å²) in [5, 5.41) is 3.29. The number of aryl methyl sites for hydroxylation is 1. The van der Waals surface area contributed by atoms with E-state index >= 15 is 0 Å². The number of carbonyl (C=O) groups is 1. The van der Waals surface area contributed by atoms with E-state index in [9.17, 15) is 4.79 Å². The van der Waals surface area contributed by atoms with Crippen molar-refractivity contribution < 1.29 is 4.79 Å². The van der Waals surface area contributed by atoms with Crippen LogP contribution in [0.4, 0.5) is 0 Å². The van der Waals surface area contributed by atoms with Crippen molar-refractivity contribution in [2.24, 2.45) is 28.6 Å². The lowest BCUT2D eigenvalue weighted by molar-refractivity contribution is -0.0123. The zero-order valence-corrected chi connectivity index (χ0v) is 21.3. The molecule has 0 bridgehead atoms. The van der Waals surface area contributed by atoms with Crippen LogP contribution in [-0.2, 0) is 0 Å². The summed E-state index contributed by atoms with van der Waals surface area (Å²) >= 11 is 0. The van der Waals surface area contributed by atoms with Gasteiger partial charge in [-0.25, -0.2) is 0 Å². The summed E-state index contributed by atoms with van der Waals surface area (Å²) in [6, 6.07) is 6.21. The number of amides is 1. The van der Waals surface area contributed by atoms with Crippen LogP contribution >= 0.6 is 0 Å². The minimum atomic E-state index is 0.00428. The van der Waals surface area contributed by atoms with E-state index in [0.29, 0.717) is 5.56 Å². The molecule has 0 spiro atoms. The summed E-state index contributed by atoms with van der Waals surface area (Å²) in [6.45, 7) is 7.21. The number of aromatic nitrogens is 2. The molecule has 2 heterocycles. The van der Waals surface area contributed by atoms with E-state index in [2.05, 4.69) is 60.5 Å². The Labute approximate surface area is 209 Å². The smallest absolute Gasteiger partial charge is 0.253 e. The highest BCUT2D eigenvalue weighted by molar-refractivity contribution is 5.94. The molecule has 182 valence electrons. The average Bonchev–Trinajstić information content (AvgIpc) is 3.22. The number of nitrogens with one attached hydrogen (secondary N) is 1. The number of rotatable bonds is 3. The predicted molar refractivity (Wildman–Crippen MR) is 140 cm³/mol. The second-order valence-corrected chi connectivity index (χ2v) is 12.0. The van der Waals surface area contributed by atoms with Gasteiger partial charge in [-0.2, -0.15) is 0 Å². The zero-order valence-electron chi connectivity index (χ0n) is 21.3. The summed E-state index contributed by atoms with van der Waals surface area (Å²) in [6.07, 6.45) is 20.7. The second kappa shape index (κ2) is 8.43. The number of pyridine rings is 2. The molecular formula is C31H37N3O. The van der Waals surface area contributed by atoms with Crippen molar-refractivity contribution in [3.8, 4) is 0 Å². The van der Waals surface area contributed by atoms with E-state index in [1.165, 1.54) is 43.2 Å². The fraction of sp³-hybridized carbons (Fsp3) is 0.516. The van der Waals surface area contributed by atoms with Crippen LogP contribution in [0.3, 0.4) is 0 Å². The van der Waals surface area contributed by atoms with Crippen molar-refractivity contribution in [3.63, 3.8) is 0 Å². The molecule has 2 aromatic heterocycles. The van der Waals surface area contributed by atoms with Crippen molar-refractivity contribution in [1.82, 2.24) is 15.3 Å². The van der Waals surface area contributed by atoms with Gasteiger partial charge in [-0.15, -0.1) is 0 Å². The van der Waals surface area contributed by atoms with Crippen LogP contribution in [-0.4, -0.2) is 21.9 Å². The predicted octanol–water partition coefficient (Wildman–Crippen LogP) is 6.54. The van der Waals surface area contributed by atoms with Gasteiger partial charge in [0.25, 0.3) is 5.91 Å². The molecule has 6 rings (SSSR count). The molecule has 2 saturated carbocycles. The van der Waals surface area contributed by atoms with Gasteiger partial charge in [0.1, 0.15) is 0 Å². The van der Waals surface area contributed by atoms with Crippen LogP contribution in [0.1, 0.15) is 80.3 Å². The molecule has 0 saturated heterocycles. The lowest BCUT2D eigenvalue weighted by Crippen LogP contribution is -2.51. The summed E-state index contributed by atoms with van der Waals surface area (Å²) in [4.78, 5) is 21.3. The third kappa shape index (κ3) is 3.68. The maximum Gasteiger partial charge on any atom is 0.253 e. The minimum Gasteiger partial charge on any atom is -0.349 e. The largest absolute Gasteiger partial charge is 0.349 e. The Morgan fingerprint density at radius 2 is 1.86 bits per heavy atom. The zero-order chi connectivity index (χ0) is 24.2. The first-order valence-electron chi connectivity index (χ1n) is 13.4. The molecule has 2 aromatic rings. The highest BCUT2D eigenvalue weighted by Gasteiger charge is 2.56. The van der Waals surface area contributed by atoms with Crippen LogP contribution < -0.4 is 5.32 Å². The molecule has 0 radical (unpaired) electrons. The first-order chi connectivity index (χ1) is 16.9. The van der Waals surface area contributed by atoms with Gasteiger partial charge in [0.15, 0.2) is 0 Å². The van der Waals surface area contributed by atoms with Gasteiger partial charge < -0.3 is 5.32 Å². The fourth-order valence-electron chi connectivity index (χ4n) is 8.27. The Hall–Kier alpha value is -2.75. The van der Waals surface area contributed by atoms with E-state index in [1.807, 2.05) is 18.3 Å². The van der Waals surface area contributed by atoms with Crippen molar-refractivity contribution in [2.75, 3.05) is 0 Å². The van der Waals surface area contributed by atoms with Crippen LogP contribution in [0, 0.1) is 35.5 Å². The Bertz CT molecular complexity index is 1200. The van der Waals surface area contributed by atoms with E-state index in [0.717, 1.165) is 30.6 Å². The van der Waals surface area contributed by atoms with Crippen molar-refractivity contribution >= 4 is 11.5 Å². The topological polar surface area (TPSA) is 54.9 Å². The second-order valence-electron chi connectivity index (χ2n) is 12.0. The van der Waals surface area contributed by atoms with E-state index in [-0.39, 0.29) is 22.8 Å². The third-order valence-corrected chi connectivity index (χ3v) is 10.1. The van der Waals surface area contributed by atoms with Gasteiger partial charge in [0, 0.05) is 30.8 Å². The third-order valence-electron chi connectivity index (χ3n) is 10.1. The van der Waals surface area contributed by atoms with Gasteiger partial charge in [-0.3, -0.25) is 14.8 Å². The quantitative estimate of drug-likeness (QED) is 0.522. The van der Waals surface area contributed by atoms with Gasteiger partial charge in [-0.1, -0.05) is 31.6 Å². The minimum absolute atomic E-state index is 0.00428. The Morgan fingerprint density at radius 1 is 1.00 bits per heavy atom. The SMILES string of the molecule is Cc1cncc(C2=CC[C@H]3[C@@H]4CC=C5C[C@@H](NC(=O)c6cccnc6)CC[C@]5(C)[C@H]4CC[C@]23C)c1. The standard InChI is InChI=1S/C31H37N3O/c1-20-15-22(19-33-17-20)26-8-9-27-25-7-6-23-16-24(34-29(35)21-5-4-14-32-18-21)10-12-30(23,2)28(25)11-13-31(26,27)3/h4-6,8,14-15,17-19,24-25,27-28H,7,9-13,16H2,1-3H3,(H,34,35)/t24-,25-,27-,28-,30-,31+/m0/s1. The van der Waals surface area contributed by atoms with Crippen LogP contribution in [0.25, 0.3) is 5.57 Å². The Kier molecular flexibility index (Phi) is 5.47. The van der Waals surface area contributed by atoms with Crippen molar-refractivity contribution in [3.05, 3.63) is 77.4 Å². The summed E-state index contributed by atoms with van der Waals surface area (Å²) in [7, 11) is 0. The lowest BCUT2D eigenvalue weighted by atomic mass is 9.47. The number of carbonyl (C=O) groups excluding carboxylic acids is 1. The molecule has 4 nitrogen and oxygen atoms in total. The summed E-state index contributed by atoms with van der Waals surface area (Å²) in [5.74, 6) is 2.22. The summed E-state index contributed by atoms with van der Waals surface area (Å²) in [5.41, 5.74) is 6.89. The normalized spacial score (nSPS) is 35.7. The van der Waals surface area contributed by atoms with Gasteiger partial charge in [0.2, 0.25) is 0 Å². The maximum absolute atomic E-state index is 12.7. The average molecular weight is 468 g/mol. The monoisotopic (exact) mass is 467 g/mol. The molecule has 0 unspecified atom stereocenters. The molecule has 1 N–H and O–H groups in total. The van der Waals surface area contributed by atoms with Gasteiger partial charge >= 0.3 is 0 Å². The lowest BCUT2D eigenvalue weighted by Gasteiger charge is -2.58. The number of allylic oxidation sites excluding steroid dienone is 3. The van der Waals surface area contributed by atoms with E-state index in [1.54, 1.807) is 23.5 Å². The number of fused-ring (bicyclic) bond motifs is 5. The number of nitrogens with zero attached hydrogens (tertiary/aromatic N) is 2. The molecule has 35 heavy (non-hydrogen) atoms. The first kappa shape index (κ1) is 22.7. The first-order valence-corrected chi connectivity index (χ1v) is 13.4. The van der Waals surface area contributed by atoms with Crippen molar-refractivity contribution in [2.45, 2.75) is 71.8 Å². The molecule has 4 heteroatoms. The number of hydrogen-bond donors (Lipinski definition) is 1. The van der Waals surface area contributed by atoms with E-state index < -0.39 is 0 Å². The molecule has 0 aliphatic heterocycles. The highest BCUT2D eigenvalue weighted by Crippen LogP contribution is 2.66. The molecule has 0 aromatic carbocycles. The van der Waals surface area contributed by atoms with E-state index in [4.69, 9.17) is 0 Å². The van der Waals surface area contributed by atoms with Gasteiger partial charge in [-0.05, 0) is 115 Å². The molecular weight excluding hydrogens is 430 g/mol. The Balaban J connectivity index is 1.20. The molecule has 2 fully saturated rings. The van der Waals surface area contributed by atoms with Crippen LogP contribution in [0.2, 0.25) is 0 Å². The fourth-order valence-corrected chi connectivity index (χ4v) is 8.27. The molecule has 4 aliphatic rings. The highest BCUT2D eigenvalue weighted by atomic mass is 16.1. The number of hydrogen-bond acceptors (Lipinski definition) is 3. The Morgan fingerprint density at radius 3 is 2.66 bits per heavy atom. The van der Waals surface area contributed by atoms with Crippen LogP contribution in [0.5, 0.6) is 0 Å². The van der Waals surface area contributed by atoms with Crippen LogP contribution in [0.15, 0.2) is 60.7 Å².